The number of anilines is 1. The van der Waals surface area contributed by atoms with E-state index >= 15 is 0 Å². The number of hydrogen-bond acceptors (Lipinski definition) is 3. The second kappa shape index (κ2) is 11.7. The predicted molar refractivity (Wildman–Crippen MR) is 138 cm³/mol. The van der Waals surface area contributed by atoms with Crippen molar-refractivity contribution in [1.82, 2.24) is 19.8 Å². The number of para-hydroxylation sites is 1. The van der Waals surface area contributed by atoms with E-state index in [2.05, 4.69) is 86.2 Å². The van der Waals surface area contributed by atoms with E-state index in [1.54, 1.807) is 0 Å². The summed E-state index contributed by atoms with van der Waals surface area (Å²) in [6.07, 6.45) is 3.89. The van der Waals surface area contributed by atoms with Gasteiger partial charge in [-0.2, -0.15) is 0 Å². The summed E-state index contributed by atoms with van der Waals surface area (Å²) in [5.41, 5.74) is 2.56. The Morgan fingerprint density at radius 3 is 2.32 bits per heavy atom. The largest absolute Gasteiger partial charge is 0.368 e. The van der Waals surface area contributed by atoms with Gasteiger partial charge in [-0.15, -0.1) is 24.0 Å². The van der Waals surface area contributed by atoms with E-state index in [0.717, 1.165) is 51.1 Å². The van der Waals surface area contributed by atoms with E-state index in [0.29, 0.717) is 6.54 Å². The van der Waals surface area contributed by atoms with Crippen LogP contribution in [0.15, 0.2) is 78.0 Å². The summed E-state index contributed by atoms with van der Waals surface area (Å²) in [5.74, 6) is 1.96. The number of nitrogens with one attached hydrogen (secondary N) is 1. The fraction of sp³-hybridized carbons (Fsp3) is 0.333. The molecule has 1 aromatic heterocycles. The van der Waals surface area contributed by atoms with Crippen molar-refractivity contribution in [2.24, 2.45) is 4.99 Å². The number of imidazole rings is 1. The average Bonchev–Trinajstić information content (AvgIpc) is 3.25. The molecule has 1 fully saturated rings. The van der Waals surface area contributed by atoms with Gasteiger partial charge in [0.05, 0.1) is 0 Å². The number of aromatic nitrogens is 2. The zero-order chi connectivity index (χ0) is 20.6. The quantitative estimate of drug-likeness (QED) is 0.299. The molecule has 1 aliphatic rings. The third-order valence-electron chi connectivity index (χ3n) is 5.40. The summed E-state index contributed by atoms with van der Waals surface area (Å²) in [6, 6.07) is 21.1. The fourth-order valence-corrected chi connectivity index (χ4v) is 3.80. The van der Waals surface area contributed by atoms with E-state index in [-0.39, 0.29) is 24.0 Å². The summed E-state index contributed by atoms with van der Waals surface area (Å²) in [7, 11) is 0. The molecule has 6 nitrogen and oxygen atoms in total. The monoisotopic (exact) mass is 530 g/mol. The molecule has 1 aliphatic heterocycles. The van der Waals surface area contributed by atoms with Crippen molar-refractivity contribution in [3.05, 3.63) is 84.4 Å². The van der Waals surface area contributed by atoms with Gasteiger partial charge >= 0.3 is 0 Å². The Bertz CT molecular complexity index is 933. The van der Waals surface area contributed by atoms with Crippen molar-refractivity contribution < 1.29 is 0 Å². The molecule has 2 heterocycles. The Hall–Kier alpha value is -2.55. The average molecular weight is 530 g/mol. The Kier molecular flexibility index (Phi) is 8.75. The van der Waals surface area contributed by atoms with Gasteiger partial charge in [-0.25, -0.2) is 9.98 Å². The van der Waals surface area contributed by atoms with Gasteiger partial charge in [0.15, 0.2) is 5.96 Å². The highest BCUT2D eigenvalue weighted by molar-refractivity contribution is 14.0. The van der Waals surface area contributed by atoms with Gasteiger partial charge in [0.1, 0.15) is 12.4 Å². The minimum absolute atomic E-state index is 0. The van der Waals surface area contributed by atoms with Gasteiger partial charge in [-0.1, -0.05) is 48.5 Å². The number of hydrogen-bond donors (Lipinski definition) is 1. The zero-order valence-corrected chi connectivity index (χ0v) is 20.4. The van der Waals surface area contributed by atoms with Gasteiger partial charge in [-0.05, 0) is 24.6 Å². The molecule has 2 aromatic carbocycles. The molecule has 0 bridgehead atoms. The standard InChI is InChI=1S/C24H30N6.HI/c1-2-25-24(29-17-15-28(16-18-29)22-11-7-4-8-12-22)27-19-23-26-13-14-30(23)20-21-9-5-3-6-10-21;/h3-14H,2,15-20H2,1H3,(H,25,27);1H. The number of halogens is 1. The van der Waals surface area contributed by atoms with Crippen LogP contribution in [-0.4, -0.2) is 53.1 Å². The van der Waals surface area contributed by atoms with Gasteiger partial charge < -0.3 is 19.7 Å². The molecule has 0 atom stereocenters. The minimum atomic E-state index is 0. The van der Waals surface area contributed by atoms with Crippen LogP contribution >= 0.6 is 24.0 Å². The minimum Gasteiger partial charge on any atom is -0.368 e. The molecule has 0 saturated carbocycles. The second-order valence-corrected chi connectivity index (χ2v) is 7.44. The van der Waals surface area contributed by atoms with Crippen LogP contribution in [0.25, 0.3) is 0 Å². The Balaban J connectivity index is 0.00000272. The SMILES string of the molecule is CCNC(=NCc1nccn1Cc1ccccc1)N1CCN(c2ccccc2)CC1.I. The van der Waals surface area contributed by atoms with Gasteiger partial charge in [0.2, 0.25) is 0 Å². The molecule has 1 saturated heterocycles. The van der Waals surface area contributed by atoms with Crippen LogP contribution in [0.4, 0.5) is 5.69 Å². The van der Waals surface area contributed by atoms with Crippen LogP contribution in [0.2, 0.25) is 0 Å². The van der Waals surface area contributed by atoms with Crippen LogP contribution in [0.3, 0.4) is 0 Å². The Morgan fingerprint density at radius 1 is 0.968 bits per heavy atom. The zero-order valence-electron chi connectivity index (χ0n) is 18.0. The van der Waals surface area contributed by atoms with E-state index in [4.69, 9.17) is 4.99 Å². The molecule has 31 heavy (non-hydrogen) atoms. The van der Waals surface area contributed by atoms with Crippen molar-refractivity contribution in [2.75, 3.05) is 37.6 Å². The molecule has 0 amide bonds. The van der Waals surface area contributed by atoms with Crippen molar-refractivity contribution in [3.8, 4) is 0 Å². The molecular weight excluding hydrogens is 499 g/mol. The topological polar surface area (TPSA) is 48.7 Å². The lowest BCUT2D eigenvalue weighted by Gasteiger charge is -2.37. The first-order chi connectivity index (χ1) is 14.8. The molecule has 0 aliphatic carbocycles. The van der Waals surface area contributed by atoms with Crippen LogP contribution in [0, 0.1) is 0 Å². The lowest BCUT2D eigenvalue weighted by atomic mass is 10.2. The summed E-state index contributed by atoms with van der Waals surface area (Å²) in [5, 5.41) is 3.46. The molecule has 3 aromatic rings. The van der Waals surface area contributed by atoms with Crippen molar-refractivity contribution in [3.63, 3.8) is 0 Å². The summed E-state index contributed by atoms with van der Waals surface area (Å²) in [4.78, 5) is 14.2. The maximum Gasteiger partial charge on any atom is 0.194 e. The number of aliphatic imine (C=N–C) groups is 1. The van der Waals surface area contributed by atoms with E-state index < -0.39 is 0 Å². The normalized spacial score (nSPS) is 14.3. The molecule has 1 N–H and O–H groups in total. The molecule has 4 rings (SSSR count). The highest BCUT2D eigenvalue weighted by Crippen LogP contribution is 2.16. The first-order valence-electron chi connectivity index (χ1n) is 10.7. The molecule has 0 spiro atoms. The highest BCUT2D eigenvalue weighted by Gasteiger charge is 2.19. The lowest BCUT2D eigenvalue weighted by molar-refractivity contribution is 0.372. The van der Waals surface area contributed by atoms with Gasteiger partial charge in [-0.3, -0.25) is 0 Å². The summed E-state index contributed by atoms with van der Waals surface area (Å²) < 4.78 is 2.18. The van der Waals surface area contributed by atoms with E-state index in [9.17, 15) is 0 Å². The fourth-order valence-electron chi connectivity index (χ4n) is 3.80. The van der Waals surface area contributed by atoms with Crippen LogP contribution in [0.1, 0.15) is 18.3 Å². The lowest BCUT2D eigenvalue weighted by Crippen LogP contribution is -2.52. The van der Waals surface area contributed by atoms with Crippen molar-refractivity contribution >= 4 is 35.6 Å². The second-order valence-electron chi connectivity index (χ2n) is 7.44. The van der Waals surface area contributed by atoms with E-state index in [1.807, 2.05) is 18.5 Å². The third kappa shape index (κ3) is 6.22. The van der Waals surface area contributed by atoms with Gasteiger partial charge in [0.25, 0.3) is 0 Å². The Labute approximate surface area is 202 Å². The maximum absolute atomic E-state index is 4.91. The molecule has 0 unspecified atom stereocenters. The molecule has 0 radical (unpaired) electrons. The molecular formula is C24H31IN6. The number of benzene rings is 2. The highest BCUT2D eigenvalue weighted by atomic mass is 127. The number of nitrogens with zero attached hydrogens (tertiary/aromatic N) is 5. The summed E-state index contributed by atoms with van der Waals surface area (Å²) in [6.45, 7) is 8.27. The third-order valence-corrected chi connectivity index (χ3v) is 5.40. The first kappa shape index (κ1) is 23.1. The Morgan fingerprint density at radius 2 is 1.65 bits per heavy atom. The number of guanidine groups is 1. The number of piperazine rings is 1. The van der Waals surface area contributed by atoms with Crippen molar-refractivity contribution in [2.45, 2.75) is 20.0 Å². The molecule has 7 heteroatoms. The number of rotatable bonds is 6. The van der Waals surface area contributed by atoms with Crippen molar-refractivity contribution in [1.29, 1.82) is 0 Å². The van der Waals surface area contributed by atoms with Crippen LogP contribution < -0.4 is 10.2 Å². The maximum atomic E-state index is 4.91. The predicted octanol–water partition coefficient (Wildman–Crippen LogP) is 3.84. The van der Waals surface area contributed by atoms with Crippen LogP contribution in [-0.2, 0) is 13.1 Å². The molecule has 164 valence electrons. The summed E-state index contributed by atoms with van der Waals surface area (Å²) >= 11 is 0. The van der Waals surface area contributed by atoms with Crippen LogP contribution in [0.5, 0.6) is 0 Å². The van der Waals surface area contributed by atoms with E-state index in [1.165, 1.54) is 11.3 Å². The van der Waals surface area contributed by atoms with Gasteiger partial charge in [0, 0.05) is 57.3 Å². The first-order valence-corrected chi connectivity index (χ1v) is 10.7. The smallest absolute Gasteiger partial charge is 0.194 e.